The van der Waals surface area contributed by atoms with Gasteiger partial charge in [0.15, 0.2) is 0 Å². The predicted molar refractivity (Wildman–Crippen MR) is 81.5 cm³/mol. The Bertz CT molecular complexity index is 496. The van der Waals surface area contributed by atoms with Crippen LogP contribution in [0.25, 0.3) is 0 Å². The topological polar surface area (TPSA) is 47.3 Å². The van der Waals surface area contributed by atoms with E-state index in [4.69, 9.17) is 10.6 Å². The molecule has 0 saturated carbocycles. The van der Waals surface area contributed by atoms with Gasteiger partial charge in [0.1, 0.15) is 5.75 Å². The van der Waals surface area contributed by atoms with Crippen LogP contribution in [0, 0.1) is 0 Å². The zero-order chi connectivity index (χ0) is 13.8. The zero-order valence-corrected chi connectivity index (χ0v) is 12.0. The van der Waals surface area contributed by atoms with Crippen molar-refractivity contribution in [1.29, 1.82) is 0 Å². The van der Waals surface area contributed by atoms with Gasteiger partial charge in [-0.15, -0.1) is 0 Å². The summed E-state index contributed by atoms with van der Waals surface area (Å²) >= 11 is 0. The normalized spacial score (nSPS) is 22.9. The number of hydrazine groups is 1. The maximum Gasteiger partial charge on any atom is 0.122 e. The molecule has 3 heteroatoms. The summed E-state index contributed by atoms with van der Waals surface area (Å²) in [6.07, 6.45) is 11.0. The number of ether oxygens (including phenoxy) is 1. The number of allylic oxidation sites excluding steroid dienone is 1. The first-order valence-electron chi connectivity index (χ1n) is 7.79. The van der Waals surface area contributed by atoms with E-state index in [0.29, 0.717) is 0 Å². The summed E-state index contributed by atoms with van der Waals surface area (Å²) in [6, 6.07) is 6.64. The number of hydrogen-bond donors (Lipinski definition) is 2. The van der Waals surface area contributed by atoms with Gasteiger partial charge >= 0.3 is 0 Å². The fourth-order valence-electron chi connectivity index (χ4n) is 3.28. The summed E-state index contributed by atoms with van der Waals surface area (Å²) in [7, 11) is 0. The first-order chi connectivity index (χ1) is 9.88. The molecule has 0 amide bonds. The summed E-state index contributed by atoms with van der Waals surface area (Å²) in [5.74, 6) is 6.89. The van der Waals surface area contributed by atoms with Crippen molar-refractivity contribution in [1.82, 2.24) is 5.43 Å². The zero-order valence-electron chi connectivity index (χ0n) is 12.0. The Morgan fingerprint density at radius 2 is 2.00 bits per heavy atom. The van der Waals surface area contributed by atoms with E-state index in [9.17, 15) is 0 Å². The van der Waals surface area contributed by atoms with Gasteiger partial charge in [-0.3, -0.25) is 5.84 Å². The van der Waals surface area contributed by atoms with Gasteiger partial charge in [0.25, 0.3) is 0 Å². The molecule has 3 rings (SSSR count). The summed E-state index contributed by atoms with van der Waals surface area (Å²) in [6.45, 7) is 0.808. The average Bonchev–Trinajstić information content (AvgIpc) is 2.89. The number of hydrogen-bond acceptors (Lipinski definition) is 3. The second kappa shape index (κ2) is 6.42. The van der Waals surface area contributed by atoms with E-state index in [-0.39, 0.29) is 6.04 Å². The van der Waals surface area contributed by atoms with Gasteiger partial charge in [-0.25, -0.2) is 5.43 Å². The van der Waals surface area contributed by atoms with E-state index < -0.39 is 0 Å². The predicted octanol–water partition coefficient (Wildman–Crippen LogP) is 3.41. The summed E-state index contributed by atoms with van der Waals surface area (Å²) in [5.41, 5.74) is 7.05. The molecule has 20 heavy (non-hydrogen) atoms. The van der Waals surface area contributed by atoms with Gasteiger partial charge in [0.05, 0.1) is 12.6 Å². The van der Waals surface area contributed by atoms with Gasteiger partial charge in [0, 0.05) is 6.42 Å². The van der Waals surface area contributed by atoms with E-state index in [1.54, 1.807) is 0 Å². The molecule has 1 heterocycles. The van der Waals surface area contributed by atoms with Gasteiger partial charge in [-0.1, -0.05) is 36.6 Å². The Kier molecular flexibility index (Phi) is 4.38. The molecule has 108 valence electrons. The number of nitrogens with one attached hydrogen (secondary N) is 1. The Morgan fingerprint density at radius 1 is 1.10 bits per heavy atom. The third-order valence-electron chi connectivity index (χ3n) is 4.41. The SMILES string of the molecule is NNC(/C1=C/CCCCCC1)c1ccc2c(c1)CCO2. The van der Waals surface area contributed by atoms with Crippen molar-refractivity contribution in [3.05, 3.63) is 41.0 Å². The average molecular weight is 272 g/mol. The van der Waals surface area contributed by atoms with E-state index in [2.05, 4.69) is 29.7 Å². The Balaban J connectivity index is 1.84. The molecule has 1 aliphatic carbocycles. The molecule has 0 bridgehead atoms. The molecule has 0 spiro atoms. The van der Waals surface area contributed by atoms with E-state index in [0.717, 1.165) is 25.2 Å². The molecule has 0 saturated heterocycles. The van der Waals surface area contributed by atoms with Crippen molar-refractivity contribution in [3.63, 3.8) is 0 Å². The van der Waals surface area contributed by atoms with Crippen LogP contribution in [-0.4, -0.2) is 6.61 Å². The molecule has 1 aromatic carbocycles. The number of benzene rings is 1. The summed E-state index contributed by atoms with van der Waals surface area (Å²) in [4.78, 5) is 0. The first kappa shape index (κ1) is 13.7. The van der Waals surface area contributed by atoms with Crippen molar-refractivity contribution in [3.8, 4) is 5.75 Å². The van der Waals surface area contributed by atoms with Crippen LogP contribution in [0.2, 0.25) is 0 Å². The van der Waals surface area contributed by atoms with Crippen LogP contribution in [0.3, 0.4) is 0 Å². The van der Waals surface area contributed by atoms with Crippen LogP contribution in [0.1, 0.15) is 55.7 Å². The second-order valence-corrected chi connectivity index (χ2v) is 5.80. The molecule has 1 atom stereocenters. The van der Waals surface area contributed by atoms with Crippen LogP contribution in [0.4, 0.5) is 0 Å². The monoisotopic (exact) mass is 272 g/mol. The molecule has 1 unspecified atom stereocenters. The number of rotatable bonds is 3. The molecule has 0 radical (unpaired) electrons. The van der Waals surface area contributed by atoms with Crippen LogP contribution < -0.4 is 16.0 Å². The second-order valence-electron chi connectivity index (χ2n) is 5.80. The van der Waals surface area contributed by atoms with Gasteiger partial charge in [-0.05, 0) is 42.9 Å². The fourth-order valence-corrected chi connectivity index (χ4v) is 3.28. The van der Waals surface area contributed by atoms with Crippen LogP contribution >= 0.6 is 0 Å². The third kappa shape index (κ3) is 2.89. The van der Waals surface area contributed by atoms with Crippen molar-refractivity contribution >= 4 is 0 Å². The van der Waals surface area contributed by atoms with Crippen LogP contribution in [0.5, 0.6) is 5.75 Å². The van der Waals surface area contributed by atoms with Crippen molar-refractivity contribution < 1.29 is 4.74 Å². The lowest BCUT2D eigenvalue weighted by Gasteiger charge is -2.22. The quantitative estimate of drug-likeness (QED) is 0.503. The highest BCUT2D eigenvalue weighted by molar-refractivity contribution is 5.42. The highest BCUT2D eigenvalue weighted by Gasteiger charge is 2.19. The first-order valence-corrected chi connectivity index (χ1v) is 7.79. The Hall–Kier alpha value is -1.32. The van der Waals surface area contributed by atoms with Crippen molar-refractivity contribution in [2.45, 2.75) is 51.0 Å². The van der Waals surface area contributed by atoms with E-state index in [1.165, 1.54) is 48.8 Å². The third-order valence-corrected chi connectivity index (χ3v) is 4.41. The molecule has 0 aromatic heterocycles. The highest BCUT2D eigenvalue weighted by Crippen LogP contribution is 2.32. The molecule has 1 aliphatic heterocycles. The lowest BCUT2D eigenvalue weighted by Crippen LogP contribution is -2.29. The van der Waals surface area contributed by atoms with Crippen LogP contribution in [-0.2, 0) is 6.42 Å². The van der Waals surface area contributed by atoms with Crippen molar-refractivity contribution in [2.24, 2.45) is 5.84 Å². The Morgan fingerprint density at radius 3 is 2.90 bits per heavy atom. The number of fused-ring (bicyclic) bond motifs is 1. The molecule has 1 aromatic rings. The fraction of sp³-hybridized carbons (Fsp3) is 0.529. The standard InChI is InChI=1S/C17H24N2O/c18-19-17(13-6-4-2-1-3-5-7-13)15-8-9-16-14(12-15)10-11-20-16/h6,8-9,12,17,19H,1-5,7,10-11,18H2/b13-6+. The molecular weight excluding hydrogens is 248 g/mol. The van der Waals surface area contributed by atoms with Gasteiger partial charge < -0.3 is 4.74 Å². The highest BCUT2D eigenvalue weighted by atomic mass is 16.5. The van der Waals surface area contributed by atoms with Crippen LogP contribution in [0.15, 0.2) is 29.8 Å². The van der Waals surface area contributed by atoms with Crippen molar-refractivity contribution in [2.75, 3.05) is 6.61 Å². The minimum atomic E-state index is 0.152. The lowest BCUT2D eigenvalue weighted by atomic mass is 9.90. The largest absolute Gasteiger partial charge is 0.493 e. The Labute approximate surface area is 121 Å². The minimum Gasteiger partial charge on any atom is -0.493 e. The summed E-state index contributed by atoms with van der Waals surface area (Å²) in [5, 5.41) is 0. The maximum absolute atomic E-state index is 5.85. The van der Waals surface area contributed by atoms with E-state index in [1.807, 2.05) is 0 Å². The molecule has 2 aliphatic rings. The lowest BCUT2D eigenvalue weighted by molar-refractivity contribution is 0.356. The smallest absolute Gasteiger partial charge is 0.122 e. The molecular formula is C17H24N2O. The molecule has 0 fully saturated rings. The van der Waals surface area contributed by atoms with Gasteiger partial charge in [-0.2, -0.15) is 0 Å². The molecule has 3 nitrogen and oxygen atoms in total. The van der Waals surface area contributed by atoms with Gasteiger partial charge in [0.2, 0.25) is 0 Å². The molecule has 3 N–H and O–H groups in total. The number of nitrogens with two attached hydrogens (primary N) is 1. The summed E-state index contributed by atoms with van der Waals surface area (Å²) < 4.78 is 5.58. The maximum atomic E-state index is 5.85. The minimum absolute atomic E-state index is 0.152. The van der Waals surface area contributed by atoms with E-state index >= 15 is 0 Å².